The van der Waals surface area contributed by atoms with Gasteiger partial charge in [0, 0.05) is 11.6 Å². The summed E-state index contributed by atoms with van der Waals surface area (Å²) in [5, 5.41) is 0.670. The lowest BCUT2D eigenvalue weighted by atomic mass is 10.1. The molecule has 0 spiro atoms. The standard InChI is InChI=1S/C25H25ClN2O3/c1-17-5-4-6-20(13-17)31-16-25-27-21-15-19(26)8-9-22(21)28(25)12-11-18-7-10-23(29-2)24(14-18)30-3/h4-10,13-15H,11-12,16H2,1-3H3. The van der Waals surface area contributed by atoms with Crippen molar-refractivity contribution in [3.63, 3.8) is 0 Å². The van der Waals surface area contributed by atoms with Crippen LogP contribution in [0.4, 0.5) is 0 Å². The minimum atomic E-state index is 0.377. The molecule has 0 aliphatic rings. The van der Waals surface area contributed by atoms with Crippen molar-refractivity contribution < 1.29 is 14.2 Å². The Morgan fingerprint density at radius 2 is 1.77 bits per heavy atom. The van der Waals surface area contributed by atoms with Gasteiger partial charge in [0.05, 0.1) is 25.3 Å². The minimum Gasteiger partial charge on any atom is -0.493 e. The van der Waals surface area contributed by atoms with E-state index in [1.54, 1.807) is 14.2 Å². The summed E-state index contributed by atoms with van der Waals surface area (Å²) in [6, 6.07) is 19.8. The van der Waals surface area contributed by atoms with E-state index in [0.717, 1.165) is 58.2 Å². The first kappa shape index (κ1) is 21.1. The predicted octanol–water partition coefficient (Wildman–Crippen LogP) is 5.84. The second-order valence-corrected chi connectivity index (χ2v) is 7.79. The van der Waals surface area contributed by atoms with Crippen molar-refractivity contribution in [1.82, 2.24) is 9.55 Å². The summed E-state index contributed by atoms with van der Waals surface area (Å²) in [5.41, 5.74) is 4.21. The molecule has 160 valence electrons. The zero-order valence-corrected chi connectivity index (χ0v) is 18.6. The van der Waals surface area contributed by atoms with Gasteiger partial charge >= 0.3 is 0 Å². The number of benzene rings is 3. The topological polar surface area (TPSA) is 45.5 Å². The summed E-state index contributed by atoms with van der Waals surface area (Å²) in [7, 11) is 3.29. The Balaban J connectivity index is 1.60. The Kier molecular flexibility index (Phi) is 6.33. The summed E-state index contributed by atoms with van der Waals surface area (Å²) < 4.78 is 19.0. The summed E-state index contributed by atoms with van der Waals surface area (Å²) in [6.45, 7) is 3.18. The summed E-state index contributed by atoms with van der Waals surface area (Å²) in [4.78, 5) is 4.79. The molecule has 4 rings (SSSR count). The molecule has 1 aromatic heterocycles. The monoisotopic (exact) mass is 436 g/mol. The van der Waals surface area contributed by atoms with E-state index in [-0.39, 0.29) is 0 Å². The maximum Gasteiger partial charge on any atom is 0.160 e. The van der Waals surface area contributed by atoms with Crippen LogP contribution in [-0.4, -0.2) is 23.8 Å². The molecule has 31 heavy (non-hydrogen) atoms. The number of methoxy groups -OCH3 is 2. The van der Waals surface area contributed by atoms with Gasteiger partial charge < -0.3 is 18.8 Å². The minimum absolute atomic E-state index is 0.377. The van der Waals surface area contributed by atoms with Crippen LogP contribution in [0.15, 0.2) is 60.7 Å². The van der Waals surface area contributed by atoms with Crippen molar-refractivity contribution in [1.29, 1.82) is 0 Å². The van der Waals surface area contributed by atoms with Gasteiger partial charge in [0.15, 0.2) is 11.5 Å². The molecule has 5 nitrogen and oxygen atoms in total. The highest BCUT2D eigenvalue weighted by Crippen LogP contribution is 2.28. The number of ether oxygens (including phenoxy) is 3. The van der Waals surface area contributed by atoms with Gasteiger partial charge in [-0.15, -0.1) is 0 Å². The Hall–Kier alpha value is -3.18. The normalized spacial score (nSPS) is 11.0. The van der Waals surface area contributed by atoms with Crippen LogP contribution in [0.5, 0.6) is 17.2 Å². The first-order chi connectivity index (χ1) is 15.1. The van der Waals surface area contributed by atoms with Gasteiger partial charge in [-0.25, -0.2) is 4.98 Å². The van der Waals surface area contributed by atoms with Crippen molar-refractivity contribution in [3.8, 4) is 17.2 Å². The van der Waals surface area contributed by atoms with Crippen LogP contribution in [0.2, 0.25) is 5.02 Å². The smallest absolute Gasteiger partial charge is 0.160 e. The Morgan fingerprint density at radius 3 is 2.55 bits per heavy atom. The number of imidazole rings is 1. The summed E-state index contributed by atoms with van der Waals surface area (Å²) in [6.07, 6.45) is 0.811. The molecule has 0 atom stereocenters. The molecular formula is C25H25ClN2O3. The third kappa shape index (κ3) is 4.78. The quantitative estimate of drug-likeness (QED) is 0.348. The van der Waals surface area contributed by atoms with Crippen molar-refractivity contribution in [2.75, 3.05) is 14.2 Å². The fraction of sp³-hybridized carbons (Fsp3) is 0.240. The average molecular weight is 437 g/mol. The molecule has 0 aliphatic heterocycles. The van der Waals surface area contributed by atoms with E-state index in [1.807, 2.05) is 61.5 Å². The molecule has 0 N–H and O–H groups in total. The molecule has 0 aliphatic carbocycles. The number of aromatic nitrogens is 2. The maximum atomic E-state index is 6.20. The fourth-order valence-corrected chi connectivity index (χ4v) is 3.81. The largest absolute Gasteiger partial charge is 0.493 e. The van der Waals surface area contributed by atoms with Crippen LogP contribution < -0.4 is 14.2 Å². The van der Waals surface area contributed by atoms with Crippen molar-refractivity contribution in [2.45, 2.75) is 26.5 Å². The van der Waals surface area contributed by atoms with Crippen LogP contribution >= 0.6 is 11.6 Å². The predicted molar refractivity (Wildman–Crippen MR) is 124 cm³/mol. The first-order valence-corrected chi connectivity index (χ1v) is 10.5. The van der Waals surface area contributed by atoms with E-state index in [2.05, 4.69) is 10.6 Å². The van der Waals surface area contributed by atoms with Crippen LogP contribution in [0, 0.1) is 6.92 Å². The molecule has 0 amide bonds. The van der Waals surface area contributed by atoms with E-state index in [4.69, 9.17) is 30.8 Å². The second-order valence-electron chi connectivity index (χ2n) is 7.36. The molecule has 3 aromatic carbocycles. The first-order valence-electron chi connectivity index (χ1n) is 10.1. The second kappa shape index (κ2) is 9.31. The fourth-order valence-electron chi connectivity index (χ4n) is 3.64. The number of rotatable bonds is 8. The lowest BCUT2D eigenvalue weighted by molar-refractivity contribution is 0.290. The van der Waals surface area contributed by atoms with Gasteiger partial charge in [-0.3, -0.25) is 0 Å². The summed E-state index contributed by atoms with van der Waals surface area (Å²) in [5.74, 6) is 3.14. The molecule has 0 fully saturated rings. The number of hydrogen-bond acceptors (Lipinski definition) is 4. The highest BCUT2D eigenvalue weighted by Gasteiger charge is 2.13. The molecule has 0 radical (unpaired) electrons. The van der Waals surface area contributed by atoms with Crippen molar-refractivity contribution in [2.24, 2.45) is 0 Å². The van der Waals surface area contributed by atoms with Gasteiger partial charge in [-0.2, -0.15) is 0 Å². The van der Waals surface area contributed by atoms with Crippen LogP contribution in [-0.2, 0) is 19.6 Å². The third-order valence-corrected chi connectivity index (χ3v) is 5.45. The molecule has 4 aromatic rings. The van der Waals surface area contributed by atoms with Gasteiger partial charge in [0.25, 0.3) is 0 Å². The Labute approximate surface area is 187 Å². The van der Waals surface area contributed by atoms with Gasteiger partial charge in [-0.1, -0.05) is 29.8 Å². The molecule has 1 heterocycles. The Morgan fingerprint density at radius 1 is 0.935 bits per heavy atom. The highest BCUT2D eigenvalue weighted by molar-refractivity contribution is 6.31. The molecule has 6 heteroatoms. The zero-order chi connectivity index (χ0) is 21.8. The van der Waals surface area contributed by atoms with Crippen molar-refractivity contribution >= 4 is 22.6 Å². The summed E-state index contributed by atoms with van der Waals surface area (Å²) >= 11 is 6.20. The highest BCUT2D eigenvalue weighted by atomic mass is 35.5. The molecule has 0 saturated carbocycles. The van der Waals surface area contributed by atoms with Crippen LogP contribution in [0.3, 0.4) is 0 Å². The van der Waals surface area contributed by atoms with E-state index in [0.29, 0.717) is 11.6 Å². The molecule has 0 unspecified atom stereocenters. The number of halogens is 1. The van der Waals surface area contributed by atoms with E-state index in [1.165, 1.54) is 0 Å². The number of nitrogens with zero attached hydrogens (tertiary/aromatic N) is 2. The Bertz CT molecular complexity index is 1200. The van der Waals surface area contributed by atoms with E-state index < -0.39 is 0 Å². The molecule has 0 saturated heterocycles. The lowest BCUT2D eigenvalue weighted by Crippen LogP contribution is -2.09. The van der Waals surface area contributed by atoms with Gasteiger partial charge in [0.2, 0.25) is 0 Å². The van der Waals surface area contributed by atoms with Gasteiger partial charge in [-0.05, 0) is 66.9 Å². The lowest BCUT2D eigenvalue weighted by Gasteiger charge is -2.13. The number of fused-ring (bicyclic) bond motifs is 1. The third-order valence-electron chi connectivity index (χ3n) is 5.22. The van der Waals surface area contributed by atoms with Crippen molar-refractivity contribution in [3.05, 3.63) is 82.6 Å². The van der Waals surface area contributed by atoms with E-state index in [9.17, 15) is 0 Å². The SMILES string of the molecule is COc1ccc(CCn2c(COc3cccc(C)c3)nc3cc(Cl)ccc32)cc1OC. The number of aryl methyl sites for hydroxylation is 3. The molecule has 0 bridgehead atoms. The zero-order valence-electron chi connectivity index (χ0n) is 17.9. The maximum absolute atomic E-state index is 6.20. The molecular weight excluding hydrogens is 412 g/mol. The van der Waals surface area contributed by atoms with Crippen LogP contribution in [0.25, 0.3) is 11.0 Å². The average Bonchev–Trinajstić information content (AvgIpc) is 3.12. The van der Waals surface area contributed by atoms with Crippen LogP contribution in [0.1, 0.15) is 17.0 Å². The van der Waals surface area contributed by atoms with Gasteiger partial charge in [0.1, 0.15) is 18.2 Å². The van der Waals surface area contributed by atoms with E-state index >= 15 is 0 Å². The number of hydrogen-bond donors (Lipinski definition) is 0.